The summed E-state index contributed by atoms with van der Waals surface area (Å²) in [5.74, 6) is 0.314. The molecule has 0 bridgehead atoms. The molecule has 0 spiro atoms. The summed E-state index contributed by atoms with van der Waals surface area (Å²) in [6, 6.07) is 4.32. The summed E-state index contributed by atoms with van der Waals surface area (Å²) in [5.41, 5.74) is 1.44. The number of nitrogens with one attached hydrogen (secondary N) is 3. The summed E-state index contributed by atoms with van der Waals surface area (Å²) in [5, 5.41) is 11.5. The zero-order valence-corrected chi connectivity index (χ0v) is 12.9. The van der Waals surface area contributed by atoms with Crippen LogP contribution in [0.5, 0.6) is 5.75 Å². The Balaban J connectivity index is 2.17. The van der Waals surface area contributed by atoms with Gasteiger partial charge in [0.2, 0.25) is 0 Å². The Morgan fingerprint density at radius 1 is 1.36 bits per heavy atom. The van der Waals surface area contributed by atoms with E-state index in [2.05, 4.69) is 20.8 Å². The van der Waals surface area contributed by atoms with Crippen molar-refractivity contribution in [3.8, 4) is 5.75 Å². The largest absolute Gasteiger partial charge is 0.495 e. The molecule has 1 heterocycles. The van der Waals surface area contributed by atoms with E-state index in [4.69, 9.17) is 4.74 Å². The van der Waals surface area contributed by atoms with Gasteiger partial charge in [0.25, 0.3) is 0 Å². The van der Waals surface area contributed by atoms with E-state index < -0.39 is 15.9 Å². The first kappa shape index (κ1) is 15.8. The van der Waals surface area contributed by atoms with Crippen LogP contribution in [-0.4, -0.2) is 38.0 Å². The molecule has 0 unspecified atom stereocenters. The highest BCUT2D eigenvalue weighted by atomic mass is 32.2. The highest BCUT2D eigenvalue weighted by Gasteiger charge is 2.11. The average Bonchev–Trinajstić information content (AvgIpc) is 2.90. The molecule has 0 radical (unpaired) electrons. The fourth-order valence-corrected chi connectivity index (χ4v) is 2.63. The van der Waals surface area contributed by atoms with Crippen LogP contribution in [0.4, 0.5) is 16.2 Å². The molecule has 1 aromatic heterocycles. The number of carbonyl (C=O) groups excluding carboxylic acids is 1. The van der Waals surface area contributed by atoms with Crippen molar-refractivity contribution >= 4 is 27.2 Å². The fourth-order valence-electron chi connectivity index (χ4n) is 1.85. The summed E-state index contributed by atoms with van der Waals surface area (Å²) >= 11 is 0. The van der Waals surface area contributed by atoms with Gasteiger partial charge >= 0.3 is 6.03 Å². The monoisotopic (exact) mass is 324 g/mol. The standard InChI is InChI=1S/C13H16N4O4S/c1-21-12-4-3-9(8-22(2,19)20)5-11(12)17-13(18)16-10-6-14-15-7-10/h3-7H,8H2,1-2H3,(H,14,15)(H2,16,17,18). The minimum Gasteiger partial charge on any atom is -0.495 e. The van der Waals surface area contributed by atoms with Gasteiger partial charge in [0.1, 0.15) is 5.75 Å². The second-order valence-corrected chi connectivity index (χ2v) is 6.81. The van der Waals surface area contributed by atoms with Gasteiger partial charge in [0, 0.05) is 12.5 Å². The molecule has 0 fully saturated rings. The van der Waals surface area contributed by atoms with Gasteiger partial charge in [-0.25, -0.2) is 13.2 Å². The molecule has 0 saturated carbocycles. The minimum absolute atomic E-state index is 0.116. The maximum absolute atomic E-state index is 11.9. The molecule has 22 heavy (non-hydrogen) atoms. The predicted octanol–water partition coefficient (Wildman–Crippen LogP) is 1.61. The first-order valence-electron chi connectivity index (χ1n) is 6.29. The van der Waals surface area contributed by atoms with E-state index in [0.717, 1.165) is 6.26 Å². The number of urea groups is 1. The normalized spacial score (nSPS) is 11.0. The lowest BCUT2D eigenvalue weighted by Crippen LogP contribution is -2.19. The molecule has 1 aromatic carbocycles. The van der Waals surface area contributed by atoms with Gasteiger partial charge in [0.05, 0.1) is 30.4 Å². The van der Waals surface area contributed by atoms with Crippen LogP contribution in [0.15, 0.2) is 30.6 Å². The van der Waals surface area contributed by atoms with Crippen molar-refractivity contribution in [1.29, 1.82) is 0 Å². The van der Waals surface area contributed by atoms with E-state index in [9.17, 15) is 13.2 Å². The maximum atomic E-state index is 11.9. The number of hydrogen-bond acceptors (Lipinski definition) is 5. The van der Waals surface area contributed by atoms with E-state index in [1.54, 1.807) is 18.2 Å². The molecular formula is C13H16N4O4S. The van der Waals surface area contributed by atoms with E-state index in [-0.39, 0.29) is 5.75 Å². The predicted molar refractivity (Wildman–Crippen MR) is 82.8 cm³/mol. The van der Waals surface area contributed by atoms with Crippen molar-refractivity contribution in [1.82, 2.24) is 10.2 Å². The lowest BCUT2D eigenvalue weighted by atomic mass is 10.2. The quantitative estimate of drug-likeness (QED) is 0.773. The molecule has 0 aliphatic rings. The first-order chi connectivity index (χ1) is 10.4. The van der Waals surface area contributed by atoms with Crippen LogP contribution in [0.1, 0.15) is 5.56 Å². The number of amides is 2. The third-order valence-electron chi connectivity index (χ3n) is 2.70. The van der Waals surface area contributed by atoms with Crippen molar-refractivity contribution in [3.05, 3.63) is 36.2 Å². The zero-order chi connectivity index (χ0) is 16.2. The topological polar surface area (TPSA) is 113 Å². The van der Waals surface area contributed by atoms with E-state index in [1.807, 2.05) is 0 Å². The molecule has 9 heteroatoms. The summed E-state index contributed by atoms with van der Waals surface area (Å²) in [6.45, 7) is 0. The van der Waals surface area contributed by atoms with Crippen molar-refractivity contribution in [3.63, 3.8) is 0 Å². The molecule has 0 saturated heterocycles. The zero-order valence-electron chi connectivity index (χ0n) is 12.1. The summed E-state index contributed by atoms with van der Waals surface area (Å²) in [4.78, 5) is 11.9. The Bertz CT molecular complexity index is 756. The molecule has 0 atom stereocenters. The lowest BCUT2D eigenvalue weighted by Gasteiger charge is -2.12. The second kappa shape index (κ2) is 6.48. The number of carbonyl (C=O) groups is 1. The number of aromatic nitrogens is 2. The molecule has 3 N–H and O–H groups in total. The van der Waals surface area contributed by atoms with Crippen LogP contribution in [-0.2, 0) is 15.6 Å². The van der Waals surface area contributed by atoms with E-state index in [1.165, 1.54) is 19.5 Å². The van der Waals surface area contributed by atoms with Crippen molar-refractivity contribution in [2.24, 2.45) is 0 Å². The van der Waals surface area contributed by atoms with Crippen LogP contribution in [0, 0.1) is 0 Å². The smallest absolute Gasteiger partial charge is 0.323 e. The van der Waals surface area contributed by atoms with Gasteiger partial charge in [-0.1, -0.05) is 6.07 Å². The number of benzene rings is 1. The van der Waals surface area contributed by atoms with Crippen LogP contribution in [0.3, 0.4) is 0 Å². The van der Waals surface area contributed by atoms with Gasteiger partial charge in [-0.05, 0) is 17.7 Å². The van der Waals surface area contributed by atoms with Gasteiger partial charge in [-0.3, -0.25) is 5.10 Å². The summed E-state index contributed by atoms with van der Waals surface area (Å²) in [7, 11) is -1.70. The van der Waals surface area contributed by atoms with Crippen molar-refractivity contribution in [2.75, 3.05) is 24.0 Å². The molecule has 2 amide bonds. The van der Waals surface area contributed by atoms with Crippen LogP contribution in [0.2, 0.25) is 0 Å². The summed E-state index contributed by atoms with van der Waals surface area (Å²) < 4.78 is 27.9. The molecular weight excluding hydrogens is 308 g/mol. The third kappa shape index (κ3) is 4.48. The van der Waals surface area contributed by atoms with E-state index in [0.29, 0.717) is 22.7 Å². The number of sulfone groups is 1. The number of nitrogens with zero attached hydrogens (tertiary/aromatic N) is 1. The summed E-state index contributed by atoms with van der Waals surface area (Å²) in [6.07, 6.45) is 4.13. The van der Waals surface area contributed by atoms with Gasteiger partial charge in [-0.2, -0.15) is 5.10 Å². The molecule has 8 nitrogen and oxygen atoms in total. The van der Waals surface area contributed by atoms with Crippen LogP contribution < -0.4 is 15.4 Å². The number of H-pyrrole nitrogens is 1. The van der Waals surface area contributed by atoms with Gasteiger partial charge in [0.15, 0.2) is 9.84 Å². The number of methoxy groups -OCH3 is 1. The van der Waals surface area contributed by atoms with Crippen molar-refractivity contribution in [2.45, 2.75) is 5.75 Å². The number of ether oxygens (including phenoxy) is 1. The number of rotatable bonds is 5. The molecule has 118 valence electrons. The number of hydrogen-bond donors (Lipinski definition) is 3. The van der Waals surface area contributed by atoms with E-state index >= 15 is 0 Å². The molecule has 0 aliphatic carbocycles. The minimum atomic E-state index is -3.16. The Morgan fingerprint density at radius 2 is 2.14 bits per heavy atom. The lowest BCUT2D eigenvalue weighted by molar-refractivity contribution is 0.262. The highest BCUT2D eigenvalue weighted by Crippen LogP contribution is 2.26. The SMILES string of the molecule is COc1ccc(CS(C)(=O)=O)cc1NC(=O)Nc1cn[nH]c1. The maximum Gasteiger partial charge on any atom is 0.323 e. The van der Waals surface area contributed by atoms with Gasteiger partial charge in [-0.15, -0.1) is 0 Å². The Morgan fingerprint density at radius 3 is 2.73 bits per heavy atom. The average molecular weight is 324 g/mol. The Kier molecular flexibility index (Phi) is 4.66. The molecule has 0 aliphatic heterocycles. The second-order valence-electron chi connectivity index (χ2n) is 4.67. The highest BCUT2D eigenvalue weighted by molar-refractivity contribution is 7.89. The third-order valence-corrected chi connectivity index (χ3v) is 3.55. The van der Waals surface area contributed by atoms with Crippen LogP contribution in [0.25, 0.3) is 0 Å². The fraction of sp³-hybridized carbons (Fsp3) is 0.231. The molecule has 2 rings (SSSR count). The molecule has 2 aromatic rings. The van der Waals surface area contributed by atoms with Crippen molar-refractivity contribution < 1.29 is 17.9 Å². The number of aromatic amines is 1. The Hall–Kier alpha value is -2.55. The van der Waals surface area contributed by atoms with Crippen LogP contribution >= 0.6 is 0 Å². The van der Waals surface area contributed by atoms with Gasteiger partial charge < -0.3 is 15.4 Å². The number of anilines is 2. The Labute approximate surface area is 127 Å². The first-order valence-corrected chi connectivity index (χ1v) is 8.35.